The van der Waals surface area contributed by atoms with Gasteiger partial charge in [-0.05, 0) is 57.6 Å². The predicted molar refractivity (Wildman–Crippen MR) is 92.8 cm³/mol. The Morgan fingerprint density at radius 3 is 2.96 bits per heavy atom. The van der Waals surface area contributed by atoms with Gasteiger partial charge in [-0.3, -0.25) is 4.79 Å². The molecular formula is C19H25N3O. The number of rotatable bonds is 5. The van der Waals surface area contributed by atoms with E-state index >= 15 is 0 Å². The number of fused-ring (bicyclic) bond motifs is 1. The summed E-state index contributed by atoms with van der Waals surface area (Å²) >= 11 is 0. The zero-order valence-corrected chi connectivity index (χ0v) is 14.1. The summed E-state index contributed by atoms with van der Waals surface area (Å²) in [5.41, 5.74) is 5.29. The molecule has 0 bridgehead atoms. The summed E-state index contributed by atoms with van der Waals surface area (Å²) in [7, 11) is 0. The van der Waals surface area contributed by atoms with Crippen LogP contribution in [0.15, 0.2) is 30.0 Å². The van der Waals surface area contributed by atoms with Crippen molar-refractivity contribution in [2.75, 3.05) is 6.54 Å². The fourth-order valence-corrected chi connectivity index (χ4v) is 3.25. The standard InChI is InChI=1S/C19H25N3O/c1-3-17-14(2)22-13-16(9-10-18(22)21-17)19(23)20-12-11-15-7-5-4-6-8-15/h7,9-10,13H,3-6,8,11-12H2,1-2H3,(H,20,23). The fraction of sp³-hybridized carbons (Fsp3) is 0.474. The van der Waals surface area contributed by atoms with Crippen LogP contribution in [0.25, 0.3) is 5.65 Å². The number of aryl methyl sites for hydroxylation is 2. The molecule has 2 aromatic heterocycles. The molecule has 2 heterocycles. The highest BCUT2D eigenvalue weighted by Crippen LogP contribution is 2.19. The van der Waals surface area contributed by atoms with Crippen LogP contribution in [0.3, 0.4) is 0 Å². The van der Waals surface area contributed by atoms with Crippen LogP contribution in [-0.4, -0.2) is 21.8 Å². The summed E-state index contributed by atoms with van der Waals surface area (Å²) in [4.78, 5) is 16.9. The molecule has 23 heavy (non-hydrogen) atoms. The van der Waals surface area contributed by atoms with E-state index in [4.69, 9.17) is 0 Å². The van der Waals surface area contributed by atoms with Gasteiger partial charge in [-0.2, -0.15) is 0 Å². The topological polar surface area (TPSA) is 46.4 Å². The number of allylic oxidation sites excluding steroid dienone is 1. The average Bonchev–Trinajstić information content (AvgIpc) is 2.91. The molecule has 0 aliphatic heterocycles. The van der Waals surface area contributed by atoms with Crippen LogP contribution in [0.1, 0.15) is 60.8 Å². The summed E-state index contributed by atoms with van der Waals surface area (Å²) in [6, 6.07) is 3.78. The van der Waals surface area contributed by atoms with Gasteiger partial charge in [0.1, 0.15) is 5.65 Å². The molecule has 0 radical (unpaired) electrons. The van der Waals surface area contributed by atoms with Crippen molar-refractivity contribution in [3.8, 4) is 0 Å². The monoisotopic (exact) mass is 311 g/mol. The van der Waals surface area contributed by atoms with E-state index in [1.54, 1.807) is 0 Å². The Labute approximate surface area is 137 Å². The lowest BCUT2D eigenvalue weighted by atomic mass is 9.97. The molecule has 0 saturated carbocycles. The maximum absolute atomic E-state index is 12.4. The van der Waals surface area contributed by atoms with Crippen LogP contribution >= 0.6 is 0 Å². The Kier molecular flexibility index (Phi) is 4.79. The number of amides is 1. The van der Waals surface area contributed by atoms with Crippen molar-refractivity contribution in [3.63, 3.8) is 0 Å². The lowest BCUT2D eigenvalue weighted by Crippen LogP contribution is -2.25. The summed E-state index contributed by atoms with van der Waals surface area (Å²) in [5.74, 6) is -0.00513. The lowest BCUT2D eigenvalue weighted by Gasteiger charge is -2.13. The highest BCUT2D eigenvalue weighted by Gasteiger charge is 2.11. The van der Waals surface area contributed by atoms with E-state index in [2.05, 4.69) is 30.2 Å². The van der Waals surface area contributed by atoms with Gasteiger partial charge in [0.25, 0.3) is 5.91 Å². The first kappa shape index (κ1) is 15.8. The van der Waals surface area contributed by atoms with Crippen molar-refractivity contribution in [3.05, 3.63) is 46.9 Å². The molecule has 0 saturated heterocycles. The molecule has 122 valence electrons. The SMILES string of the molecule is CCc1nc2ccc(C(=O)NCCC3=CCCCC3)cn2c1C. The predicted octanol–water partition coefficient (Wildman–Crippen LogP) is 3.83. The number of nitrogens with one attached hydrogen (secondary N) is 1. The minimum atomic E-state index is -0.00513. The van der Waals surface area contributed by atoms with E-state index in [0.717, 1.165) is 29.9 Å². The summed E-state index contributed by atoms with van der Waals surface area (Å²) in [6.07, 6.45) is 11.1. The molecule has 0 unspecified atom stereocenters. The molecule has 1 N–H and O–H groups in total. The number of nitrogens with zero attached hydrogens (tertiary/aromatic N) is 2. The van der Waals surface area contributed by atoms with Gasteiger partial charge >= 0.3 is 0 Å². The number of carbonyl (C=O) groups is 1. The smallest absolute Gasteiger partial charge is 0.252 e. The maximum atomic E-state index is 12.4. The Hall–Kier alpha value is -2.10. The number of aromatic nitrogens is 2. The second kappa shape index (κ2) is 6.99. The molecule has 0 fully saturated rings. The van der Waals surface area contributed by atoms with E-state index in [9.17, 15) is 4.79 Å². The summed E-state index contributed by atoms with van der Waals surface area (Å²) in [5, 5.41) is 3.04. The fourth-order valence-electron chi connectivity index (χ4n) is 3.25. The van der Waals surface area contributed by atoms with Crippen molar-refractivity contribution in [1.29, 1.82) is 0 Å². The van der Waals surface area contributed by atoms with E-state index in [1.807, 2.05) is 22.7 Å². The van der Waals surface area contributed by atoms with Gasteiger partial charge in [-0.25, -0.2) is 4.98 Å². The summed E-state index contributed by atoms with van der Waals surface area (Å²) < 4.78 is 2.01. The molecule has 1 aliphatic carbocycles. The zero-order chi connectivity index (χ0) is 16.2. The first-order valence-electron chi connectivity index (χ1n) is 8.62. The van der Waals surface area contributed by atoms with E-state index < -0.39 is 0 Å². The molecule has 4 nitrogen and oxygen atoms in total. The Morgan fingerprint density at radius 2 is 2.22 bits per heavy atom. The number of pyridine rings is 1. The first-order chi connectivity index (χ1) is 11.2. The van der Waals surface area contributed by atoms with Crippen molar-refractivity contribution in [2.45, 2.75) is 52.4 Å². The number of hydrogen-bond acceptors (Lipinski definition) is 2. The van der Waals surface area contributed by atoms with Crippen LogP contribution < -0.4 is 5.32 Å². The summed E-state index contributed by atoms with van der Waals surface area (Å²) in [6.45, 7) is 4.87. The van der Waals surface area contributed by atoms with E-state index in [0.29, 0.717) is 12.1 Å². The molecule has 0 aromatic carbocycles. The molecule has 3 rings (SSSR count). The van der Waals surface area contributed by atoms with E-state index in [-0.39, 0.29) is 5.91 Å². The highest BCUT2D eigenvalue weighted by molar-refractivity contribution is 5.94. The quantitative estimate of drug-likeness (QED) is 0.853. The minimum absolute atomic E-state index is 0.00513. The minimum Gasteiger partial charge on any atom is -0.352 e. The second-order valence-electron chi connectivity index (χ2n) is 6.26. The first-order valence-corrected chi connectivity index (χ1v) is 8.62. The van der Waals surface area contributed by atoms with Gasteiger partial charge in [0, 0.05) is 18.4 Å². The third kappa shape index (κ3) is 3.46. The number of imidazole rings is 1. The normalized spacial score (nSPS) is 14.8. The van der Waals surface area contributed by atoms with Gasteiger partial charge < -0.3 is 9.72 Å². The van der Waals surface area contributed by atoms with Gasteiger partial charge in [-0.1, -0.05) is 18.6 Å². The van der Waals surface area contributed by atoms with Gasteiger partial charge in [0.2, 0.25) is 0 Å². The maximum Gasteiger partial charge on any atom is 0.252 e. The van der Waals surface area contributed by atoms with Crippen LogP contribution in [0.4, 0.5) is 0 Å². The molecule has 0 atom stereocenters. The number of carbonyl (C=O) groups excluding carboxylic acids is 1. The van der Waals surface area contributed by atoms with Crippen molar-refractivity contribution < 1.29 is 4.79 Å². The third-order valence-electron chi connectivity index (χ3n) is 4.67. The third-order valence-corrected chi connectivity index (χ3v) is 4.67. The van der Waals surface area contributed by atoms with Crippen LogP contribution in [0.2, 0.25) is 0 Å². The molecule has 1 amide bonds. The van der Waals surface area contributed by atoms with Crippen molar-refractivity contribution >= 4 is 11.6 Å². The molecular weight excluding hydrogens is 286 g/mol. The Morgan fingerprint density at radius 1 is 1.35 bits per heavy atom. The van der Waals surface area contributed by atoms with Crippen LogP contribution in [-0.2, 0) is 6.42 Å². The number of hydrogen-bond donors (Lipinski definition) is 1. The lowest BCUT2D eigenvalue weighted by molar-refractivity contribution is 0.0953. The van der Waals surface area contributed by atoms with Gasteiger partial charge in [0.05, 0.1) is 11.3 Å². The van der Waals surface area contributed by atoms with E-state index in [1.165, 1.54) is 31.3 Å². The zero-order valence-electron chi connectivity index (χ0n) is 14.1. The molecule has 1 aliphatic rings. The Balaban J connectivity index is 1.66. The molecule has 0 spiro atoms. The van der Waals surface area contributed by atoms with Crippen LogP contribution in [0, 0.1) is 6.92 Å². The Bertz CT molecular complexity index is 742. The molecule has 4 heteroatoms. The molecule has 2 aromatic rings. The van der Waals surface area contributed by atoms with Gasteiger partial charge in [0.15, 0.2) is 0 Å². The largest absolute Gasteiger partial charge is 0.352 e. The van der Waals surface area contributed by atoms with Gasteiger partial charge in [-0.15, -0.1) is 0 Å². The second-order valence-corrected chi connectivity index (χ2v) is 6.26. The van der Waals surface area contributed by atoms with Crippen molar-refractivity contribution in [2.24, 2.45) is 0 Å². The van der Waals surface area contributed by atoms with Crippen LogP contribution in [0.5, 0.6) is 0 Å². The van der Waals surface area contributed by atoms with Crippen molar-refractivity contribution in [1.82, 2.24) is 14.7 Å². The highest BCUT2D eigenvalue weighted by atomic mass is 16.1. The average molecular weight is 311 g/mol.